The number of benzene rings is 1. The molecule has 2 fully saturated rings. The molecule has 1 aromatic carbocycles. The molecular weight excluding hydrogens is 300 g/mol. The second kappa shape index (κ2) is 6.47. The van der Waals surface area contributed by atoms with Crippen molar-refractivity contribution < 1.29 is 9.53 Å². The van der Waals surface area contributed by atoms with Crippen LogP contribution in [0.25, 0.3) is 0 Å². The zero-order chi connectivity index (χ0) is 15.7. The van der Waals surface area contributed by atoms with E-state index in [-0.39, 0.29) is 24.3 Å². The molecule has 0 aromatic heterocycles. The minimum absolute atomic E-state index is 0.00819. The normalized spacial score (nSPS) is 26.6. The van der Waals surface area contributed by atoms with Crippen molar-refractivity contribution in [2.75, 3.05) is 13.1 Å². The topological polar surface area (TPSA) is 41.6 Å². The summed E-state index contributed by atoms with van der Waals surface area (Å²) >= 11 is 5.96. The van der Waals surface area contributed by atoms with Gasteiger partial charge in [0.15, 0.2) is 0 Å². The van der Waals surface area contributed by atoms with Crippen LogP contribution in [0.15, 0.2) is 24.3 Å². The average molecular weight is 323 g/mol. The summed E-state index contributed by atoms with van der Waals surface area (Å²) in [5.74, 6) is 0.543. The van der Waals surface area contributed by atoms with Crippen molar-refractivity contribution >= 4 is 17.6 Å². The molecule has 3 unspecified atom stereocenters. The lowest BCUT2D eigenvalue weighted by Crippen LogP contribution is -2.52. The number of nitrogens with one attached hydrogen (secondary N) is 1. The number of urea groups is 1. The molecule has 1 aliphatic heterocycles. The quantitative estimate of drug-likeness (QED) is 0.923. The van der Waals surface area contributed by atoms with Gasteiger partial charge in [0.2, 0.25) is 0 Å². The van der Waals surface area contributed by atoms with Gasteiger partial charge in [-0.2, -0.15) is 0 Å². The zero-order valence-corrected chi connectivity index (χ0v) is 13.8. The summed E-state index contributed by atoms with van der Waals surface area (Å²) in [6, 6.07) is 7.88. The van der Waals surface area contributed by atoms with Crippen molar-refractivity contribution in [1.82, 2.24) is 10.2 Å². The summed E-state index contributed by atoms with van der Waals surface area (Å²) in [4.78, 5) is 14.5. The van der Waals surface area contributed by atoms with Crippen LogP contribution in [-0.2, 0) is 4.74 Å². The molecule has 0 radical (unpaired) electrons. The first-order chi connectivity index (χ1) is 10.5. The lowest BCUT2D eigenvalue weighted by Gasteiger charge is -2.36. The largest absolute Gasteiger partial charge is 0.372 e. The third-order valence-corrected chi connectivity index (χ3v) is 4.56. The summed E-state index contributed by atoms with van der Waals surface area (Å²) in [5, 5.41) is 3.94. The molecule has 22 heavy (non-hydrogen) atoms. The summed E-state index contributed by atoms with van der Waals surface area (Å²) in [7, 11) is 0. The van der Waals surface area contributed by atoms with Gasteiger partial charge >= 0.3 is 6.03 Å². The second-order valence-electron chi connectivity index (χ2n) is 6.48. The first-order valence-electron chi connectivity index (χ1n) is 7.99. The molecule has 120 valence electrons. The van der Waals surface area contributed by atoms with Crippen LogP contribution in [0.3, 0.4) is 0 Å². The molecule has 1 aromatic rings. The van der Waals surface area contributed by atoms with Crippen molar-refractivity contribution in [2.45, 2.75) is 44.9 Å². The van der Waals surface area contributed by atoms with E-state index in [9.17, 15) is 4.79 Å². The van der Waals surface area contributed by atoms with Crippen LogP contribution in [-0.4, -0.2) is 36.2 Å². The molecule has 3 rings (SSSR count). The van der Waals surface area contributed by atoms with Crippen molar-refractivity contribution in [3.05, 3.63) is 34.9 Å². The molecule has 1 saturated carbocycles. The molecule has 5 heteroatoms. The number of rotatable bonds is 3. The zero-order valence-electron chi connectivity index (χ0n) is 13.1. The number of hydrogen-bond donors (Lipinski definition) is 1. The molecule has 2 amide bonds. The molecule has 2 aliphatic rings. The highest BCUT2D eigenvalue weighted by Crippen LogP contribution is 2.41. The van der Waals surface area contributed by atoms with E-state index in [1.807, 2.05) is 43.0 Å². The van der Waals surface area contributed by atoms with Gasteiger partial charge in [-0.3, -0.25) is 0 Å². The van der Waals surface area contributed by atoms with Crippen LogP contribution in [0, 0.1) is 5.92 Å². The third kappa shape index (κ3) is 3.73. The van der Waals surface area contributed by atoms with E-state index in [0.717, 1.165) is 10.6 Å². The summed E-state index contributed by atoms with van der Waals surface area (Å²) < 4.78 is 5.69. The van der Waals surface area contributed by atoms with Gasteiger partial charge in [0.25, 0.3) is 0 Å². The monoisotopic (exact) mass is 322 g/mol. The molecule has 1 aliphatic carbocycles. The SMILES string of the molecule is CC1CN(C(=O)NC(c2ccc(Cl)cc2)C2CC2)CC(C)O1. The van der Waals surface area contributed by atoms with E-state index >= 15 is 0 Å². The minimum atomic E-state index is 0.00819. The predicted octanol–water partition coefficient (Wildman–Crippen LogP) is 3.61. The molecule has 0 bridgehead atoms. The molecule has 1 saturated heterocycles. The van der Waals surface area contributed by atoms with E-state index in [1.165, 1.54) is 12.8 Å². The molecule has 3 atom stereocenters. The van der Waals surface area contributed by atoms with E-state index in [1.54, 1.807) is 0 Å². The van der Waals surface area contributed by atoms with E-state index in [0.29, 0.717) is 19.0 Å². The number of carbonyl (C=O) groups excluding carboxylic acids is 1. The fourth-order valence-electron chi connectivity index (χ4n) is 3.14. The van der Waals surface area contributed by atoms with Gasteiger partial charge in [0.1, 0.15) is 0 Å². The Balaban J connectivity index is 1.68. The Morgan fingerprint density at radius 3 is 2.36 bits per heavy atom. The van der Waals surface area contributed by atoms with Crippen LogP contribution < -0.4 is 5.32 Å². The number of morpholine rings is 1. The highest BCUT2D eigenvalue weighted by molar-refractivity contribution is 6.30. The Labute approximate surface area is 136 Å². The Bertz CT molecular complexity index is 520. The van der Waals surface area contributed by atoms with Crippen LogP contribution in [0.2, 0.25) is 5.02 Å². The number of hydrogen-bond acceptors (Lipinski definition) is 2. The Kier molecular flexibility index (Phi) is 4.59. The van der Waals surface area contributed by atoms with Gasteiger partial charge in [0, 0.05) is 18.1 Å². The number of carbonyl (C=O) groups is 1. The van der Waals surface area contributed by atoms with Crippen LogP contribution in [0.1, 0.15) is 38.3 Å². The Morgan fingerprint density at radius 1 is 1.23 bits per heavy atom. The van der Waals surface area contributed by atoms with Gasteiger partial charge in [-0.1, -0.05) is 23.7 Å². The number of nitrogens with zero attached hydrogens (tertiary/aromatic N) is 1. The van der Waals surface area contributed by atoms with Crippen LogP contribution in [0.5, 0.6) is 0 Å². The van der Waals surface area contributed by atoms with Crippen LogP contribution >= 0.6 is 11.6 Å². The maximum Gasteiger partial charge on any atom is 0.318 e. The minimum Gasteiger partial charge on any atom is -0.372 e. The summed E-state index contributed by atoms with van der Waals surface area (Å²) in [5.41, 5.74) is 1.13. The lowest BCUT2D eigenvalue weighted by atomic mass is 10.0. The maximum absolute atomic E-state index is 12.6. The molecule has 0 spiro atoms. The van der Waals surface area contributed by atoms with Crippen molar-refractivity contribution in [1.29, 1.82) is 0 Å². The van der Waals surface area contributed by atoms with Crippen LogP contribution in [0.4, 0.5) is 4.79 Å². The maximum atomic E-state index is 12.6. The highest BCUT2D eigenvalue weighted by Gasteiger charge is 2.35. The number of halogens is 1. The standard InChI is InChI=1S/C17H23ClN2O2/c1-11-9-20(10-12(2)22-11)17(21)19-16(13-3-4-13)14-5-7-15(18)8-6-14/h5-8,11-13,16H,3-4,9-10H2,1-2H3,(H,19,21). The molecule has 1 N–H and O–H groups in total. The third-order valence-electron chi connectivity index (χ3n) is 4.31. The Hall–Kier alpha value is -1.26. The van der Waals surface area contributed by atoms with Crippen molar-refractivity contribution in [3.8, 4) is 0 Å². The van der Waals surface area contributed by atoms with Crippen molar-refractivity contribution in [3.63, 3.8) is 0 Å². The van der Waals surface area contributed by atoms with Crippen molar-refractivity contribution in [2.24, 2.45) is 5.92 Å². The number of ether oxygens (including phenoxy) is 1. The predicted molar refractivity (Wildman–Crippen MR) is 87.0 cm³/mol. The van der Waals surface area contributed by atoms with E-state index in [4.69, 9.17) is 16.3 Å². The van der Waals surface area contributed by atoms with Gasteiger partial charge in [-0.15, -0.1) is 0 Å². The van der Waals surface area contributed by atoms with E-state index in [2.05, 4.69) is 5.32 Å². The summed E-state index contributed by atoms with van der Waals surface area (Å²) in [6.45, 7) is 5.31. The number of amides is 2. The summed E-state index contributed by atoms with van der Waals surface area (Å²) in [6.07, 6.45) is 2.52. The molecule has 4 nitrogen and oxygen atoms in total. The highest BCUT2D eigenvalue weighted by atomic mass is 35.5. The van der Waals surface area contributed by atoms with E-state index < -0.39 is 0 Å². The smallest absolute Gasteiger partial charge is 0.318 e. The first-order valence-corrected chi connectivity index (χ1v) is 8.37. The fourth-order valence-corrected chi connectivity index (χ4v) is 3.27. The van der Waals surface area contributed by atoms with Gasteiger partial charge < -0.3 is 15.0 Å². The first kappa shape index (κ1) is 15.6. The van der Waals surface area contributed by atoms with Gasteiger partial charge in [-0.25, -0.2) is 4.79 Å². The molecule has 1 heterocycles. The lowest BCUT2D eigenvalue weighted by molar-refractivity contribution is -0.0548. The average Bonchev–Trinajstić information content (AvgIpc) is 3.29. The molecular formula is C17H23ClN2O2. The fraction of sp³-hybridized carbons (Fsp3) is 0.588. The second-order valence-corrected chi connectivity index (χ2v) is 6.91. The van der Waals surface area contributed by atoms with Gasteiger partial charge in [-0.05, 0) is 50.3 Å². The van der Waals surface area contributed by atoms with Gasteiger partial charge in [0.05, 0.1) is 18.2 Å². The Morgan fingerprint density at radius 2 is 1.82 bits per heavy atom.